The van der Waals surface area contributed by atoms with Gasteiger partial charge in [0.05, 0.1) is 18.2 Å². The van der Waals surface area contributed by atoms with Crippen molar-refractivity contribution in [1.29, 1.82) is 5.26 Å². The normalized spacial score (nSPS) is 12.2. The van der Waals surface area contributed by atoms with Gasteiger partial charge >= 0.3 is 6.03 Å². The zero-order valence-corrected chi connectivity index (χ0v) is 14.6. The van der Waals surface area contributed by atoms with Crippen molar-refractivity contribution in [1.82, 2.24) is 5.32 Å². The molecule has 0 spiro atoms. The van der Waals surface area contributed by atoms with Gasteiger partial charge in [0.25, 0.3) is 5.91 Å². The van der Waals surface area contributed by atoms with Crippen molar-refractivity contribution in [2.75, 3.05) is 23.3 Å². The lowest BCUT2D eigenvalue weighted by Crippen LogP contribution is -2.38. The maximum atomic E-state index is 12.5. The van der Waals surface area contributed by atoms with Crippen LogP contribution in [0, 0.1) is 11.3 Å². The number of amides is 3. The van der Waals surface area contributed by atoms with Crippen molar-refractivity contribution >= 4 is 23.3 Å². The number of carbonyl (C=O) groups excluding carboxylic acids is 2. The minimum Gasteiger partial charge on any atom is -0.338 e. The molecule has 0 fully saturated rings. The van der Waals surface area contributed by atoms with E-state index in [1.807, 2.05) is 31.2 Å². The first kappa shape index (κ1) is 17.5. The summed E-state index contributed by atoms with van der Waals surface area (Å²) in [6.45, 7) is 3.08. The van der Waals surface area contributed by atoms with Gasteiger partial charge in [0, 0.05) is 24.3 Å². The fourth-order valence-corrected chi connectivity index (χ4v) is 3.03. The molecular formula is C20H20N4O2. The molecule has 6 nitrogen and oxygen atoms in total. The van der Waals surface area contributed by atoms with Gasteiger partial charge < -0.3 is 10.6 Å². The van der Waals surface area contributed by atoms with Crippen LogP contribution in [0.25, 0.3) is 0 Å². The highest BCUT2D eigenvalue weighted by Gasteiger charge is 2.24. The number of rotatable bonds is 4. The third-order valence-corrected chi connectivity index (χ3v) is 4.28. The summed E-state index contributed by atoms with van der Waals surface area (Å²) in [5.41, 5.74) is 3.85. The highest BCUT2D eigenvalue weighted by atomic mass is 16.2. The average molecular weight is 348 g/mol. The molecule has 0 bridgehead atoms. The van der Waals surface area contributed by atoms with E-state index in [0.717, 1.165) is 23.2 Å². The van der Waals surface area contributed by atoms with E-state index in [0.29, 0.717) is 24.3 Å². The summed E-state index contributed by atoms with van der Waals surface area (Å²) in [6, 6.07) is 14.6. The molecule has 0 unspecified atom stereocenters. The number of hydrogen-bond acceptors (Lipinski definition) is 3. The Morgan fingerprint density at radius 2 is 2.08 bits per heavy atom. The SMILES string of the molecule is CCNC(=O)N1CCc2ccc(NC(=O)c3cccc(CC#N)c3)cc21. The number of hydrogen-bond donors (Lipinski definition) is 2. The van der Waals surface area contributed by atoms with E-state index < -0.39 is 0 Å². The summed E-state index contributed by atoms with van der Waals surface area (Å²) in [5.74, 6) is -0.243. The molecule has 2 aromatic rings. The Hall–Kier alpha value is -3.33. The molecule has 3 rings (SSSR count). The summed E-state index contributed by atoms with van der Waals surface area (Å²) >= 11 is 0. The lowest BCUT2D eigenvalue weighted by molar-refractivity contribution is 0.102. The van der Waals surface area contributed by atoms with Crippen LogP contribution in [0.2, 0.25) is 0 Å². The van der Waals surface area contributed by atoms with E-state index in [4.69, 9.17) is 5.26 Å². The molecular weight excluding hydrogens is 328 g/mol. The number of carbonyl (C=O) groups is 2. The van der Waals surface area contributed by atoms with Crippen molar-refractivity contribution in [3.05, 3.63) is 59.2 Å². The van der Waals surface area contributed by atoms with Crippen LogP contribution in [-0.4, -0.2) is 25.0 Å². The second kappa shape index (κ2) is 7.70. The quantitative estimate of drug-likeness (QED) is 0.890. The maximum absolute atomic E-state index is 12.5. The Kier molecular flexibility index (Phi) is 5.18. The zero-order valence-electron chi connectivity index (χ0n) is 14.6. The number of anilines is 2. The lowest BCUT2D eigenvalue weighted by atomic mass is 10.1. The monoisotopic (exact) mass is 348 g/mol. The van der Waals surface area contributed by atoms with E-state index in [2.05, 4.69) is 16.7 Å². The molecule has 0 aromatic heterocycles. The number of fused-ring (bicyclic) bond motifs is 1. The lowest BCUT2D eigenvalue weighted by Gasteiger charge is -2.18. The molecule has 0 atom stereocenters. The number of nitrogens with one attached hydrogen (secondary N) is 2. The molecule has 3 amide bonds. The van der Waals surface area contributed by atoms with Crippen LogP contribution in [0.15, 0.2) is 42.5 Å². The summed E-state index contributed by atoms with van der Waals surface area (Å²) in [7, 11) is 0. The molecule has 6 heteroatoms. The predicted octanol–water partition coefficient (Wildman–Crippen LogP) is 3.10. The minimum absolute atomic E-state index is 0.126. The Balaban J connectivity index is 1.78. The average Bonchev–Trinajstić information content (AvgIpc) is 3.06. The maximum Gasteiger partial charge on any atom is 0.321 e. The molecule has 26 heavy (non-hydrogen) atoms. The fourth-order valence-electron chi connectivity index (χ4n) is 3.03. The number of urea groups is 1. The molecule has 0 aliphatic carbocycles. The highest BCUT2D eigenvalue weighted by molar-refractivity contribution is 6.05. The molecule has 132 valence electrons. The van der Waals surface area contributed by atoms with Gasteiger partial charge in [-0.3, -0.25) is 9.69 Å². The Bertz CT molecular complexity index is 886. The smallest absolute Gasteiger partial charge is 0.321 e. The van der Waals surface area contributed by atoms with E-state index in [1.165, 1.54) is 0 Å². The van der Waals surface area contributed by atoms with E-state index in [-0.39, 0.29) is 18.4 Å². The fraction of sp³-hybridized carbons (Fsp3) is 0.250. The molecule has 0 radical (unpaired) electrons. The van der Waals surface area contributed by atoms with Gasteiger partial charge in [-0.05, 0) is 48.7 Å². The van der Waals surface area contributed by atoms with Gasteiger partial charge in [-0.1, -0.05) is 18.2 Å². The van der Waals surface area contributed by atoms with Crippen LogP contribution in [0.3, 0.4) is 0 Å². The first-order chi connectivity index (χ1) is 12.6. The van der Waals surface area contributed by atoms with E-state index in [9.17, 15) is 9.59 Å². The predicted molar refractivity (Wildman–Crippen MR) is 100 cm³/mol. The standard InChI is InChI=1S/C20H20N4O2/c1-2-22-20(26)24-11-9-15-6-7-17(13-18(15)24)23-19(25)16-5-3-4-14(12-16)8-10-21/h3-7,12-13H,2,8-9,11H2,1H3,(H,22,26)(H,23,25). The molecule has 0 saturated carbocycles. The van der Waals surface area contributed by atoms with Gasteiger partial charge in [-0.15, -0.1) is 0 Å². The summed E-state index contributed by atoms with van der Waals surface area (Å²) < 4.78 is 0. The number of nitrogens with zero attached hydrogens (tertiary/aromatic N) is 2. The van der Waals surface area contributed by atoms with Crippen molar-refractivity contribution in [2.24, 2.45) is 0 Å². The van der Waals surface area contributed by atoms with E-state index >= 15 is 0 Å². The molecule has 1 heterocycles. The third-order valence-electron chi connectivity index (χ3n) is 4.28. The molecule has 2 aromatic carbocycles. The topological polar surface area (TPSA) is 85.2 Å². The van der Waals surface area contributed by atoms with Gasteiger partial charge in [0.1, 0.15) is 0 Å². The first-order valence-corrected chi connectivity index (χ1v) is 8.58. The van der Waals surface area contributed by atoms with Crippen LogP contribution in [0.5, 0.6) is 0 Å². The second-order valence-corrected chi connectivity index (χ2v) is 6.07. The van der Waals surface area contributed by atoms with Crippen LogP contribution in [0.4, 0.5) is 16.2 Å². The van der Waals surface area contributed by atoms with Gasteiger partial charge in [-0.2, -0.15) is 5.26 Å². The van der Waals surface area contributed by atoms with Crippen molar-refractivity contribution in [3.63, 3.8) is 0 Å². The molecule has 1 aliphatic heterocycles. The van der Waals surface area contributed by atoms with Gasteiger partial charge in [0.2, 0.25) is 0 Å². The summed E-state index contributed by atoms with van der Waals surface area (Å²) in [6.07, 6.45) is 1.07. The van der Waals surface area contributed by atoms with Crippen LogP contribution >= 0.6 is 0 Å². The van der Waals surface area contributed by atoms with Gasteiger partial charge in [-0.25, -0.2) is 4.79 Å². The third kappa shape index (κ3) is 3.67. The Morgan fingerprint density at radius 1 is 1.23 bits per heavy atom. The highest BCUT2D eigenvalue weighted by Crippen LogP contribution is 2.31. The molecule has 1 aliphatic rings. The molecule has 0 saturated heterocycles. The van der Waals surface area contributed by atoms with E-state index in [1.54, 1.807) is 23.1 Å². The summed E-state index contributed by atoms with van der Waals surface area (Å²) in [5, 5.41) is 14.5. The first-order valence-electron chi connectivity index (χ1n) is 8.58. The zero-order chi connectivity index (χ0) is 18.5. The minimum atomic E-state index is -0.243. The Labute approximate surface area is 152 Å². The largest absolute Gasteiger partial charge is 0.338 e. The van der Waals surface area contributed by atoms with Crippen LogP contribution < -0.4 is 15.5 Å². The van der Waals surface area contributed by atoms with Crippen molar-refractivity contribution in [2.45, 2.75) is 19.8 Å². The van der Waals surface area contributed by atoms with Crippen molar-refractivity contribution in [3.8, 4) is 6.07 Å². The van der Waals surface area contributed by atoms with Crippen LogP contribution in [-0.2, 0) is 12.8 Å². The summed E-state index contributed by atoms with van der Waals surface area (Å²) in [4.78, 5) is 26.4. The number of benzene rings is 2. The van der Waals surface area contributed by atoms with Gasteiger partial charge in [0.15, 0.2) is 0 Å². The van der Waals surface area contributed by atoms with Crippen molar-refractivity contribution < 1.29 is 9.59 Å². The number of nitriles is 1. The molecule has 2 N–H and O–H groups in total. The van der Waals surface area contributed by atoms with Crippen LogP contribution in [0.1, 0.15) is 28.4 Å². The Morgan fingerprint density at radius 3 is 2.85 bits per heavy atom. The second-order valence-electron chi connectivity index (χ2n) is 6.07.